The van der Waals surface area contributed by atoms with E-state index in [1.54, 1.807) is 0 Å². The highest BCUT2D eigenvalue weighted by Crippen LogP contribution is 2.22. The number of nitrogens with one attached hydrogen (secondary N) is 1. The van der Waals surface area contributed by atoms with Crippen LogP contribution in [-0.2, 0) is 6.42 Å². The average molecular weight is 289 g/mol. The van der Waals surface area contributed by atoms with Crippen LogP contribution >= 0.6 is 11.6 Å². The Hall–Kier alpha value is -1.35. The number of rotatable bonds is 5. The van der Waals surface area contributed by atoms with E-state index in [0.29, 0.717) is 5.92 Å². The Labute approximate surface area is 125 Å². The van der Waals surface area contributed by atoms with Crippen LogP contribution in [0.4, 0.5) is 0 Å². The molecule has 1 atom stereocenters. The second-order valence-electron chi connectivity index (χ2n) is 5.37. The normalized spacial score (nSPS) is 12.7. The standard InChI is InChI=1S/C17H21ClN2/c1-12(2)14-8-6-13(7-9-14)10-17(20-19)15-4-3-5-16(18)11-15/h3-9,11-12,17,20H,10,19H2,1-2H3. The van der Waals surface area contributed by atoms with Gasteiger partial charge in [-0.2, -0.15) is 0 Å². The summed E-state index contributed by atoms with van der Waals surface area (Å²) in [6, 6.07) is 16.6. The lowest BCUT2D eigenvalue weighted by molar-refractivity contribution is 0.552. The fraction of sp³-hybridized carbons (Fsp3) is 0.294. The van der Waals surface area contributed by atoms with Crippen LogP contribution in [0.5, 0.6) is 0 Å². The van der Waals surface area contributed by atoms with Gasteiger partial charge in [-0.25, -0.2) is 0 Å². The van der Waals surface area contributed by atoms with E-state index in [1.807, 2.05) is 24.3 Å². The van der Waals surface area contributed by atoms with Crippen LogP contribution < -0.4 is 11.3 Å². The van der Waals surface area contributed by atoms with E-state index >= 15 is 0 Å². The molecule has 3 N–H and O–H groups in total. The highest BCUT2D eigenvalue weighted by Gasteiger charge is 2.11. The Kier molecular flexibility index (Phi) is 5.18. The van der Waals surface area contributed by atoms with E-state index in [4.69, 9.17) is 17.4 Å². The molecule has 0 aliphatic rings. The van der Waals surface area contributed by atoms with Crippen LogP contribution in [0, 0.1) is 0 Å². The predicted octanol–water partition coefficient (Wildman–Crippen LogP) is 4.21. The number of hydrogen-bond donors (Lipinski definition) is 2. The van der Waals surface area contributed by atoms with Crippen molar-refractivity contribution >= 4 is 11.6 Å². The van der Waals surface area contributed by atoms with E-state index in [2.05, 4.69) is 43.5 Å². The molecule has 0 aromatic heterocycles. The molecule has 0 aliphatic carbocycles. The first-order valence-corrected chi connectivity index (χ1v) is 7.28. The summed E-state index contributed by atoms with van der Waals surface area (Å²) in [5, 5.41) is 0.734. The second-order valence-corrected chi connectivity index (χ2v) is 5.81. The average Bonchev–Trinajstić information content (AvgIpc) is 2.45. The summed E-state index contributed by atoms with van der Waals surface area (Å²) in [5.41, 5.74) is 6.59. The number of benzene rings is 2. The van der Waals surface area contributed by atoms with Crippen molar-refractivity contribution in [3.8, 4) is 0 Å². The number of hydrogen-bond acceptors (Lipinski definition) is 2. The quantitative estimate of drug-likeness (QED) is 0.639. The third-order valence-electron chi connectivity index (χ3n) is 3.54. The summed E-state index contributed by atoms with van der Waals surface area (Å²) in [5.74, 6) is 6.24. The van der Waals surface area contributed by atoms with Crippen LogP contribution in [0.1, 0.15) is 42.5 Å². The Balaban J connectivity index is 2.14. The van der Waals surface area contributed by atoms with Crippen molar-refractivity contribution < 1.29 is 0 Å². The molecule has 0 saturated heterocycles. The molecule has 0 amide bonds. The molecule has 0 bridgehead atoms. The fourth-order valence-corrected chi connectivity index (χ4v) is 2.47. The molecule has 0 fully saturated rings. The lowest BCUT2D eigenvalue weighted by atomic mass is 9.96. The molecule has 2 aromatic rings. The smallest absolute Gasteiger partial charge is 0.0500 e. The molecule has 0 aliphatic heterocycles. The molecule has 0 heterocycles. The highest BCUT2D eigenvalue weighted by atomic mass is 35.5. The zero-order chi connectivity index (χ0) is 14.5. The van der Waals surface area contributed by atoms with Crippen LogP contribution in [-0.4, -0.2) is 0 Å². The van der Waals surface area contributed by atoms with Gasteiger partial charge in [-0.1, -0.05) is 61.8 Å². The molecule has 0 spiro atoms. The summed E-state index contributed by atoms with van der Waals surface area (Å²) in [4.78, 5) is 0. The lowest BCUT2D eigenvalue weighted by Gasteiger charge is -2.17. The third-order valence-corrected chi connectivity index (χ3v) is 3.77. The van der Waals surface area contributed by atoms with Crippen molar-refractivity contribution in [2.24, 2.45) is 5.84 Å². The molecule has 2 nitrogen and oxygen atoms in total. The maximum absolute atomic E-state index is 6.04. The predicted molar refractivity (Wildman–Crippen MR) is 85.8 cm³/mol. The first-order valence-electron chi connectivity index (χ1n) is 6.90. The van der Waals surface area contributed by atoms with Crippen molar-refractivity contribution in [2.45, 2.75) is 32.2 Å². The van der Waals surface area contributed by atoms with E-state index in [9.17, 15) is 0 Å². The van der Waals surface area contributed by atoms with Crippen molar-refractivity contribution in [2.75, 3.05) is 0 Å². The van der Waals surface area contributed by atoms with Gasteiger partial charge in [-0.3, -0.25) is 11.3 Å². The highest BCUT2D eigenvalue weighted by molar-refractivity contribution is 6.30. The number of nitrogens with two attached hydrogens (primary N) is 1. The van der Waals surface area contributed by atoms with Crippen LogP contribution in [0.25, 0.3) is 0 Å². The molecular formula is C17H21ClN2. The Bertz CT molecular complexity index is 549. The van der Waals surface area contributed by atoms with Gasteiger partial charge in [0, 0.05) is 5.02 Å². The molecule has 106 valence electrons. The number of halogens is 1. The van der Waals surface area contributed by atoms with E-state index in [-0.39, 0.29) is 6.04 Å². The molecule has 0 radical (unpaired) electrons. The minimum Gasteiger partial charge on any atom is -0.271 e. The summed E-state index contributed by atoms with van der Waals surface area (Å²) < 4.78 is 0. The van der Waals surface area contributed by atoms with Gasteiger partial charge in [0.2, 0.25) is 0 Å². The molecule has 1 unspecified atom stereocenters. The molecule has 20 heavy (non-hydrogen) atoms. The van der Waals surface area contributed by atoms with Gasteiger partial charge in [0.15, 0.2) is 0 Å². The summed E-state index contributed by atoms with van der Waals surface area (Å²) in [7, 11) is 0. The van der Waals surface area contributed by atoms with Gasteiger partial charge in [-0.15, -0.1) is 0 Å². The molecule has 2 rings (SSSR count). The van der Waals surface area contributed by atoms with Crippen molar-refractivity contribution in [3.63, 3.8) is 0 Å². The van der Waals surface area contributed by atoms with Gasteiger partial charge in [0.25, 0.3) is 0 Å². The molecular weight excluding hydrogens is 268 g/mol. The van der Waals surface area contributed by atoms with Crippen LogP contribution in [0.2, 0.25) is 5.02 Å². The van der Waals surface area contributed by atoms with Crippen molar-refractivity contribution in [3.05, 3.63) is 70.2 Å². The second kappa shape index (κ2) is 6.89. The Morgan fingerprint density at radius 2 is 1.75 bits per heavy atom. The zero-order valence-electron chi connectivity index (χ0n) is 11.9. The van der Waals surface area contributed by atoms with Gasteiger partial charge in [0.05, 0.1) is 6.04 Å². The van der Waals surface area contributed by atoms with Gasteiger partial charge in [-0.05, 0) is 41.2 Å². The number of hydrazine groups is 1. The lowest BCUT2D eigenvalue weighted by Crippen LogP contribution is -2.29. The van der Waals surface area contributed by atoms with Gasteiger partial charge >= 0.3 is 0 Å². The summed E-state index contributed by atoms with van der Waals surface area (Å²) in [6.45, 7) is 4.40. The van der Waals surface area contributed by atoms with Crippen molar-refractivity contribution in [1.29, 1.82) is 0 Å². The molecule has 0 saturated carbocycles. The van der Waals surface area contributed by atoms with Crippen LogP contribution in [0.15, 0.2) is 48.5 Å². The van der Waals surface area contributed by atoms with Gasteiger partial charge in [0.1, 0.15) is 0 Å². The zero-order valence-corrected chi connectivity index (χ0v) is 12.7. The SMILES string of the molecule is CC(C)c1ccc(CC(NN)c2cccc(Cl)c2)cc1. The Morgan fingerprint density at radius 1 is 1.05 bits per heavy atom. The third kappa shape index (κ3) is 3.83. The monoisotopic (exact) mass is 288 g/mol. The summed E-state index contributed by atoms with van der Waals surface area (Å²) >= 11 is 6.04. The maximum Gasteiger partial charge on any atom is 0.0500 e. The van der Waals surface area contributed by atoms with E-state index in [1.165, 1.54) is 11.1 Å². The van der Waals surface area contributed by atoms with Gasteiger partial charge < -0.3 is 0 Å². The van der Waals surface area contributed by atoms with Crippen molar-refractivity contribution in [1.82, 2.24) is 5.43 Å². The Morgan fingerprint density at radius 3 is 2.30 bits per heavy atom. The first kappa shape index (κ1) is 15.0. The topological polar surface area (TPSA) is 38.0 Å². The first-order chi connectivity index (χ1) is 9.60. The maximum atomic E-state index is 6.04. The van der Waals surface area contributed by atoms with E-state index < -0.39 is 0 Å². The largest absolute Gasteiger partial charge is 0.271 e. The van der Waals surface area contributed by atoms with Crippen LogP contribution in [0.3, 0.4) is 0 Å². The minimum atomic E-state index is 0.0681. The molecule has 2 aromatic carbocycles. The van der Waals surface area contributed by atoms with E-state index in [0.717, 1.165) is 17.0 Å². The fourth-order valence-electron chi connectivity index (χ4n) is 2.27. The minimum absolute atomic E-state index is 0.0681. The molecule has 3 heteroatoms. The summed E-state index contributed by atoms with van der Waals surface area (Å²) in [6.07, 6.45) is 0.842.